The van der Waals surface area contributed by atoms with Crippen LogP contribution in [0.2, 0.25) is 0 Å². The van der Waals surface area contributed by atoms with Gasteiger partial charge in [0.05, 0.1) is 0 Å². The maximum atomic E-state index is 12.9. The van der Waals surface area contributed by atoms with Crippen LogP contribution in [-0.4, -0.2) is 25.1 Å². The van der Waals surface area contributed by atoms with Crippen LogP contribution in [0.15, 0.2) is 48.5 Å². The van der Waals surface area contributed by atoms with Crippen molar-refractivity contribution >= 4 is 0 Å². The standard InChI is InChI=1S/C20H28F4O.C19H26F4O/c1-2-3-4-15-5-7-16(8-6-15)9-10-17-11-13-18(14-12-17)25-20(23,24)19(21)22;1-2-3-14-4-6-15(7-5-14)8-9-16-10-12-17(13-11-16)24-19(22,23)18(20)21/h11-16,19H,2-10H2,1H3;10-15,18H,2-9H2,1H3/t15-,16-;14-,15-. The van der Waals surface area contributed by atoms with Crippen LogP contribution in [0.4, 0.5) is 35.1 Å². The lowest BCUT2D eigenvalue weighted by Gasteiger charge is -2.28. The highest BCUT2D eigenvalue weighted by atomic mass is 19.3. The molecule has 0 atom stereocenters. The first kappa shape index (κ1) is 40.9. The van der Waals surface area contributed by atoms with E-state index in [2.05, 4.69) is 23.3 Å². The molecule has 0 amide bonds. The summed E-state index contributed by atoms with van der Waals surface area (Å²) in [6, 6.07) is 12.1. The van der Waals surface area contributed by atoms with Gasteiger partial charge in [-0.25, -0.2) is 0 Å². The van der Waals surface area contributed by atoms with Crippen LogP contribution in [0.1, 0.15) is 121 Å². The van der Waals surface area contributed by atoms with Crippen molar-refractivity contribution < 1.29 is 44.6 Å². The van der Waals surface area contributed by atoms with Gasteiger partial charge in [0, 0.05) is 0 Å². The van der Waals surface area contributed by atoms with Crippen molar-refractivity contribution in [1.29, 1.82) is 0 Å². The Morgan fingerprint density at radius 3 is 1.14 bits per heavy atom. The molecule has 0 radical (unpaired) electrons. The number of alkyl halides is 8. The molecule has 2 nitrogen and oxygen atoms in total. The SMILES string of the molecule is CCCC[C@H]1CC[C@H](CCc2ccc(OC(F)(F)C(F)F)cc2)CC1.CCC[C@H]1CC[C@H](CCc2ccc(OC(F)(F)C(F)F)cc2)CC1. The fourth-order valence-electron chi connectivity index (χ4n) is 7.11. The predicted octanol–water partition coefficient (Wildman–Crippen LogP) is 13.3. The first-order valence-corrected chi connectivity index (χ1v) is 18.2. The van der Waals surface area contributed by atoms with Crippen LogP contribution in [-0.2, 0) is 12.8 Å². The molecule has 0 spiro atoms. The summed E-state index contributed by atoms with van der Waals surface area (Å²) >= 11 is 0. The van der Waals surface area contributed by atoms with E-state index < -0.39 is 25.1 Å². The first-order valence-electron chi connectivity index (χ1n) is 18.2. The minimum absolute atomic E-state index is 0.231. The molecule has 0 aliphatic heterocycles. The van der Waals surface area contributed by atoms with Gasteiger partial charge in [-0.3, -0.25) is 0 Å². The largest absolute Gasteiger partial charge is 0.461 e. The van der Waals surface area contributed by atoms with Gasteiger partial charge in [-0.05, 0) is 84.7 Å². The highest BCUT2D eigenvalue weighted by Crippen LogP contribution is 2.36. The molecular formula is C39H54F8O2. The molecule has 10 heteroatoms. The number of hydrogen-bond acceptors (Lipinski definition) is 2. The molecule has 0 N–H and O–H groups in total. The summed E-state index contributed by atoms with van der Waals surface area (Å²) in [6.07, 6.45) is 4.28. The van der Waals surface area contributed by atoms with E-state index in [0.29, 0.717) is 0 Å². The second-order valence-electron chi connectivity index (χ2n) is 14.0. The van der Waals surface area contributed by atoms with E-state index in [-0.39, 0.29) is 11.5 Å². The average Bonchev–Trinajstić information content (AvgIpc) is 3.08. The second kappa shape index (κ2) is 20.4. The number of rotatable bonds is 17. The number of aryl methyl sites for hydroxylation is 2. The molecular weight excluding hydrogens is 652 g/mol. The van der Waals surface area contributed by atoms with Crippen LogP contribution in [0.5, 0.6) is 11.5 Å². The fraction of sp³-hybridized carbons (Fsp3) is 0.692. The first-order chi connectivity index (χ1) is 23.3. The van der Waals surface area contributed by atoms with Crippen LogP contribution in [0, 0.1) is 23.7 Å². The number of ether oxygens (including phenoxy) is 2. The van der Waals surface area contributed by atoms with Gasteiger partial charge in [0.15, 0.2) is 0 Å². The lowest BCUT2D eigenvalue weighted by Crippen LogP contribution is -2.33. The third kappa shape index (κ3) is 14.7. The lowest BCUT2D eigenvalue weighted by molar-refractivity contribution is -0.253. The zero-order valence-electron chi connectivity index (χ0n) is 28.9. The van der Waals surface area contributed by atoms with Crippen LogP contribution >= 0.6 is 0 Å². The van der Waals surface area contributed by atoms with Gasteiger partial charge in [0.2, 0.25) is 0 Å². The Hall–Kier alpha value is -2.52. The molecule has 0 unspecified atom stereocenters. The third-order valence-electron chi connectivity index (χ3n) is 10.1. The molecule has 2 fully saturated rings. The number of unbranched alkanes of at least 4 members (excludes halogenated alkanes) is 1. The van der Waals surface area contributed by atoms with Gasteiger partial charge in [-0.2, -0.15) is 35.1 Å². The van der Waals surface area contributed by atoms with Crippen molar-refractivity contribution in [2.24, 2.45) is 23.7 Å². The zero-order chi connectivity index (χ0) is 35.9. The molecule has 2 aliphatic carbocycles. The average molecular weight is 707 g/mol. The molecule has 0 aromatic heterocycles. The Kier molecular flexibility index (Phi) is 17.0. The van der Waals surface area contributed by atoms with Crippen molar-refractivity contribution in [3.05, 3.63) is 59.7 Å². The Morgan fingerprint density at radius 2 is 0.837 bits per heavy atom. The molecule has 4 rings (SSSR count). The second-order valence-corrected chi connectivity index (χ2v) is 14.0. The van der Waals surface area contributed by atoms with Crippen LogP contribution < -0.4 is 9.47 Å². The maximum Gasteiger partial charge on any atom is 0.461 e. The topological polar surface area (TPSA) is 18.5 Å². The zero-order valence-corrected chi connectivity index (χ0v) is 28.9. The van der Waals surface area contributed by atoms with Crippen molar-refractivity contribution in [1.82, 2.24) is 0 Å². The van der Waals surface area contributed by atoms with Gasteiger partial charge < -0.3 is 9.47 Å². The maximum absolute atomic E-state index is 12.9. The Bertz CT molecular complexity index is 1160. The monoisotopic (exact) mass is 706 g/mol. The molecule has 2 aliphatic rings. The number of halogens is 8. The van der Waals surface area contributed by atoms with Gasteiger partial charge in [0.1, 0.15) is 11.5 Å². The number of benzene rings is 2. The summed E-state index contributed by atoms with van der Waals surface area (Å²) in [5.74, 6) is 2.78. The molecule has 49 heavy (non-hydrogen) atoms. The summed E-state index contributed by atoms with van der Waals surface area (Å²) < 4.78 is 108. The van der Waals surface area contributed by atoms with Crippen LogP contribution in [0.3, 0.4) is 0 Å². The van der Waals surface area contributed by atoms with Crippen molar-refractivity contribution in [2.75, 3.05) is 0 Å². The van der Waals surface area contributed by atoms with E-state index in [1.165, 1.54) is 108 Å². The number of hydrogen-bond donors (Lipinski definition) is 0. The van der Waals surface area contributed by atoms with E-state index in [9.17, 15) is 35.1 Å². The van der Waals surface area contributed by atoms with Crippen molar-refractivity contribution in [3.63, 3.8) is 0 Å². The summed E-state index contributed by atoms with van der Waals surface area (Å²) in [4.78, 5) is 0. The Morgan fingerprint density at radius 1 is 0.510 bits per heavy atom. The third-order valence-corrected chi connectivity index (χ3v) is 10.1. The molecule has 0 saturated heterocycles. The molecule has 0 bridgehead atoms. The molecule has 0 heterocycles. The van der Waals surface area contributed by atoms with Gasteiger partial charge >= 0.3 is 25.1 Å². The quantitative estimate of drug-likeness (QED) is 0.153. The summed E-state index contributed by atoms with van der Waals surface area (Å²) in [6.45, 7) is 4.47. The highest BCUT2D eigenvalue weighted by molar-refractivity contribution is 5.28. The van der Waals surface area contributed by atoms with E-state index in [4.69, 9.17) is 0 Å². The molecule has 2 aromatic carbocycles. The van der Waals surface area contributed by atoms with Crippen molar-refractivity contribution in [3.8, 4) is 11.5 Å². The van der Waals surface area contributed by atoms with E-state index in [0.717, 1.165) is 60.5 Å². The summed E-state index contributed by atoms with van der Waals surface area (Å²) in [5.41, 5.74) is 2.05. The van der Waals surface area contributed by atoms with Gasteiger partial charge in [-0.1, -0.05) is 122 Å². The smallest absolute Gasteiger partial charge is 0.428 e. The minimum atomic E-state index is -4.45. The van der Waals surface area contributed by atoms with E-state index in [1.807, 2.05) is 0 Å². The molecule has 2 aromatic rings. The molecule has 2 saturated carbocycles. The molecule has 278 valence electrons. The van der Waals surface area contributed by atoms with Gasteiger partial charge in [0.25, 0.3) is 0 Å². The summed E-state index contributed by atoms with van der Waals surface area (Å²) in [5, 5.41) is 0. The lowest BCUT2D eigenvalue weighted by atomic mass is 9.78. The Labute approximate surface area is 287 Å². The van der Waals surface area contributed by atoms with Gasteiger partial charge in [-0.15, -0.1) is 0 Å². The fourth-order valence-corrected chi connectivity index (χ4v) is 7.11. The Balaban J connectivity index is 0.000000266. The normalized spacial score (nSPS) is 21.7. The van der Waals surface area contributed by atoms with E-state index >= 15 is 0 Å². The predicted molar refractivity (Wildman–Crippen MR) is 178 cm³/mol. The van der Waals surface area contributed by atoms with Crippen molar-refractivity contribution in [2.45, 2.75) is 148 Å². The van der Waals surface area contributed by atoms with Crippen LogP contribution in [0.25, 0.3) is 0 Å². The minimum Gasteiger partial charge on any atom is -0.428 e. The summed E-state index contributed by atoms with van der Waals surface area (Å²) in [7, 11) is 0. The highest BCUT2D eigenvalue weighted by Gasteiger charge is 2.44. The van der Waals surface area contributed by atoms with E-state index in [1.54, 1.807) is 24.3 Å².